The van der Waals surface area contributed by atoms with Crippen molar-refractivity contribution in [1.29, 1.82) is 10.8 Å². The molecule has 8 heteroatoms. The number of carbonyl (C=O) groups excluding carboxylic acids is 1. The van der Waals surface area contributed by atoms with Crippen LogP contribution in [-0.4, -0.2) is 16.4 Å². The Labute approximate surface area is 157 Å². The van der Waals surface area contributed by atoms with E-state index in [1.165, 1.54) is 4.57 Å². The molecule has 8 nitrogen and oxygen atoms in total. The van der Waals surface area contributed by atoms with Crippen molar-refractivity contribution in [2.75, 3.05) is 0 Å². The van der Waals surface area contributed by atoms with E-state index in [0.717, 1.165) is 24.0 Å². The normalized spacial score (nSPS) is 18.4. The molecule has 2 amide bonds. The van der Waals surface area contributed by atoms with Crippen molar-refractivity contribution in [2.45, 2.75) is 38.3 Å². The number of rotatable bonds is 5. The number of primary amides is 1. The highest BCUT2D eigenvalue weighted by atomic mass is 16.6. The SMILES string of the molecule is CCC(=N)n1cc(ONC2CCC(NC(N)=O)c3ccccc32)ccc1=N. The molecule has 0 spiro atoms. The van der Waals surface area contributed by atoms with Crippen LogP contribution < -0.4 is 26.9 Å². The minimum atomic E-state index is -0.532. The van der Waals surface area contributed by atoms with Crippen LogP contribution in [-0.2, 0) is 0 Å². The summed E-state index contributed by atoms with van der Waals surface area (Å²) >= 11 is 0. The second-order valence-corrected chi connectivity index (χ2v) is 6.46. The van der Waals surface area contributed by atoms with Crippen molar-refractivity contribution in [3.8, 4) is 5.75 Å². The van der Waals surface area contributed by atoms with Crippen molar-refractivity contribution in [3.05, 3.63) is 59.2 Å². The summed E-state index contributed by atoms with van der Waals surface area (Å²) < 4.78 is 1.48. The lowest BCUT2D eigenvalue weighted by molar-refractivity contribution is 0.140. The molecule has 2 unspecified atom stereocenters. The van der Waals surface area contributed by atoms with Crippen molar-refractivity contribution >= 4 is 11.9 Å². The summed E-state index contributed by atoms with van der Waals surface area (Å²) in [6.45, 7) is 1.87. The van der Waals surface area contributed by atoms with Crippen LogP contribution in [0.5, 0.6) is 5.75 Å². The van der Waals surface area contributed by atoms with Gasteiger partial charge in [-0.2, -0.15) is 0 Å². The summed E-state index contributed by atoms with van der Waals surface area (Å²) in [5, 5.41) is 18.6. The van der Waals surface area contributed by atoms with Gasteiger partial charge in [0.1, 0.15) is 11.3 Å². The van der Waals surface area contributed by atoms with Gasteiger partial charge in [-0.05, 0) is 36.1 Å². The number of nitrogens with one attached hydrogen (secondary N) is 4. The van der Waals surface area contributed by atoms with E-state index in [1.54, 1.807) is 18.3 Å². The fourth-order valence-corrected chi connectivity index (χ4v) is 3.31. The Balaban J connectivity index is 1.76. The Morgan fingerprint density at radius 1 is 1.22 bits per heavy atom. The third kappa shape index (κ3) is 4.17. The van der Waals surface area contributed by atoms with Crippen molar-refractivity contribution < 1.29 is 9.63 Å². The van der Waals surface area contributed by atoms with E-state index in [1.807, 2.05) is 31.2 Å². The van der Waals surface area contributed by atoms with Crippen LogP contribution in [0.3, 0.4) is 0 Å². The Morgan fingerprint density at radius 3 is 2.56 bits per heavy atom. The second kappa shape index (κ2) is 8.05. The van der Waals surface area contributed by atoms with E-state index < -0.39 is 6.03 Å². The molecule has 2 aromatic rings. The Hall–Kier alpha value is -3.13. The summed E-state index contributed by atoms with van der Waals surface area (Å²) in [5.41, 5.74) is 10.7. The first-order valence-electron chi connectivity index (χ1n) is 8.92. The zero-order chi connectivity index (χ0) is 19.4. The lowest BCUT2D eigenvalue weighted by Gasteiger charge is -2.31. The number of amides is 2. The van der Waals surface area contributed by atoms with Gasteiger partial charge in [0, 0.05) is 6.42 Å². The number of urea groups is 1. The van der Waals surface area contributed by atoms with Crippen molar-refractivity contribution in [2.24, 2.45) is 5.73 Å². The summed E-state index contributed by atoms with van der Waals surface area (Å²) in [7, 11) is 0. The molecule has 3 rings (SSSR count). The molecular formula is C19H24N6O2. The molecule has 0 bridgehead atoms. The molecule has 0 aliphatic heterocycles. The van der Waals surface area contributed by atoms with Gasteiger partial charge in [0.05, 0.1) is 18.3 Å². The number of aromatic nitrogens is 1. The summed E-state index contributed by atoms with van der Waals surface area (Å²) in [4.78, 5) is 17.0. The average molecular weight is 368 g/mol. The molecule has 0 saturated carbocycles. The highest BCUT2D eigenvalue weighted by Crippen LogP contribution is 2.35. The zero-order valence-electron chi connectivity index (χ0n) is 15.2. The van der Waals surface area contributed by atoms with E-state index in [0.29, 0.717) is 18.0 Å². The van der Waals surface area contributed by atoms with Crippen molar-refractivity contribution in [3.63, 3.8) is 0 Å². The van der Waals surface area contributed by atoms with Gasteiger partial charge in [-0.25, -0.2) is 4.79 Å². The number of nitrogens with zero attached hydrogens (tertiary/aromatic N) is 1. The molecule has 6 N–H and O–H groups in total. The average Bonchev–Trinajstić information content (AvgIpc) is 2.67. The predicted octanol–water partition coefficient (Wildman–Crippen LogP) is 2.33. The number of nitrogens with two attached hydrogens (primary N) is 1. The lowest BCUT2D eigenvalue weighted by Crippen LogP contribution is -2.38. The highest BCUT2D eigenvalue weighted by Gasteiger charge is 2.28. The maximum absolute atomic E-state index is 11.2. The van der Waals surface area contributed by atoms with Gasteiger partial charge in [-0.3, -0.25) is 15.4 Å². The molecule has 142 valence electrons. The molecule has 1 aromatic carbocycles. The van der Waals surface area contributed by atoms with Crippen LogP contribution in [0, 0.1) is 10.8 Å². The fourth-order valence-electron chi connectivity index (χ4n) is 3.31. The number of pyridine rings is 1. The Morgan fingerprint density at radius 2 is 1.89 bits per heavy atom. The van der Waals surface area contributed by atoms with Crippen molar-refractivity contribution in [1.82, 2.24) is 15.4 Å². The van der Waals surface area contributed by atoms with Gasteiger partial charge in [-0.1, -0.05) is 31.2 Å². The van der Waals surface area contributed by atoms with Gasteiger partial charge in [0.15, 0.2) is 5.75 Å². The molecule has 0 saturated heterocycles. The van der Waals surface area contributed by atoms with E-state index in [2.05, 4.69) is 10.8 Å². The maximum atomic E-state index is 11.2. The van der Waals surface area contributed by atoms with Crippen LogP contribution in [0.25, 0.3) is 0 Å². The summed E-state index contributed by atoms with van der Waals surface area (Å²) in [6.07, 6.45) is 3.67. The second-order valence-electron chi connectivity index (χ2n) is 6.46. The number of carbonyl (C=O) groups is 1. The lowest BCUT2D eigenvalue weighted by atomic mass is 9.84. The standard InChI is InChI=1S/C19H24N6O2/c1-2-17(20)25-11-12(7-10-18(25)21)27-24-16-9-8-15(23-19(22)26)13-5-3-4-6-14(13)16/h3-7,10-11,15-16,20-21,24H,2,8-9H2,1H3,(H3,22,23,26). The fraction of sp³-hybridized carbons (Fsp3) is 0.316. The van der Waals surface area contributed by atoms with Crippen LogP contribution in [0.15, 0.2) is 42.6 Å². The maximum Gasteiger partial charge on any atom is 0.312 e. The van der Waals surface area contributed by atoms with Crippen LogP contribution in [0.1, 0.15) is 49.4 Å². The molecule has 27 heavy (non-hydrogen) atoms. The van der Waals surface area contributed by atoms with E-state index in [9.17, 15) is 4.79 Å². The zero-order valence-corrected chi connectivity index (χ0v) is 15.2. The van der Waals surface area contributed by atoms with E-state index in [-0.39, 0.29) is 17.6 Å². The van der Waals surface area contributed by atoms with Gasteiger partial charge in [0.2, 0.25) is 0 Å². The summed E-state index contributed by atoms with van der Waals surface area (Å²) in [5.74, 6) is 0.855. The first-order valence-corrected chi connectivity index (χ1v) is 8.92. The first-order chi connectivity index (χ1) is 13.0. The minimum Gasteiger partial charge on any atom is -0.407 e. The van der Waals surface area contributed by atoms with Gasteiger partial charge < -0.3 is 15.9 Å². The molecule has 1 aromatic heterocycles. The largest absolute Gasteiger partial charge is 0.407 e. The summed E-state index contributed by atoms with van der Waals surface area (Å²) in [6, 6.07) is 10.5. The molecule has 1 aliphatic rings. The minimum absolute atomic E-state index is 0.0399. The Bertz CT molecular complexity index is 907. The first kappa shape index (κ1) is 18.7. The number of hydroxylamine groups is 1. The highest BCUT2D eigenvalue weighted by molar-refractivity contribution is 5.81. The topological polar surface area (TPSA) is 129 Å². The molecule has 1 heterocycles. The van der Waals surface area contributed by atoms with Gasteiger partial charge in [0.25, 0.3) is 0 Å². The molecule has 0 radical (unpaired) electrons. The third-order valence-corrected chi connectivity index (χ3v) is 4.67. The van der Waals surface area contributed by atoms with Gasteiger partial charge >= 0.3 is 6.03 Å². The Kier molecular flexibility index (Phi) is 5.56. The monoisotopic (exact) mass is 368 g/mol. The smallest absolute Gasteiger partial charge is 0.312 e. The molecule has 2 atom stereocenters. The van der Waals surface area contributed by atoms with Crippen LogP contribution in [0.2, 0.25) is 0 Å². The van der Waals surface area contributed by atoms with E-state index in [4.69, 9.17) is 21.4 Å². The molecule has 0 fully saturated rings. The van der Waals surface area contributed by atoms with E-state index >= 15 is 0 Å². The number of hydrogen-bond acceptors (Lipinski definition) is 5. The molecular weight excluding hydrogens is 344 g/mol. The molecule has 1 aliphatic carbocycles. The predicted molar refractivity (Wildman–Crippen MR) is 101 cm³/mol. The van der Waals surface area contributed by atoms with Gasteiger partial charge in [-0.15, -0.1) is 5.48 Å². The third-order valence-electron chi connectivity index (χ3n) is 4.67. The number of hydrogen-bond donors (Lipinski definition) is 5. The van der Waals surface area contributed by atoms with Crippen LogP contribution in [0.4, 0.5) is 4.79 Å². The van der Waals surface area contributed by atoms with Crippen LogP contribution >= 0.6 is 0 Å². The number of fused-ring (bicyclic) bond motifs is 1. The quantitative estimate of drug-likeness (QED) is 0.315. The number of benzene rings is 1.